The van der Waals surface area contributed by atoms with Crippen LogP contribution in [0.25, 0.3) is 11.0 Å². The molecule has 1 N–H and O–H groups in total. The minimum Gasteiger partial charge on any atom is -0.495 e. The first kappa shape index (κ1) is 21.6. The SMILES string of the molecule is C=CCn1c(Cn2nnc3ccccc32)nnc1SCCC(=O)Nc1ccccc1OC. The molecule has 0 fully saturated rings. The number of thioether (sulfide) groups is 1. The molecule has 0 aliphatic carbocycles. The second-order valence-corrected chi connectivity index (χ2v) is 7.94. The monoisotopic (exact) mass is 449 g/mol. The van der Waals surface area contributed by atoms with Gasteiger partial charge in [0.2, 0.25) is 5.91 Å². The average Bonchev–Trinajstić information content (AvgIpc) is 3.39. The zero-order valence-electron chi connectivity index (χ0n) is 17.6. The third-order valence-electron chi connectivity index (χ3n) is 4.76. The zero-order valence-corrected chi connectivity index (χ0v) is 18.5. The van der Waals surface area contributed by atoms with Crippen molar-refractivity contribution in [3.05, 3.63) is 67.0 Å². The summed E-state index contributed by atoms with van der Waals surface area (Å²) >= 11 is 1.48. The molecule has 0 saturated heterocycles. The van der Waals surface area contributed by atoms with Crippen LogP contribution in [0.2, 0.25) is 0 Å². The molecule has 0 aliphatic rings. The average molecular weight is 450 g/mol. The van der Waals surface area contributed by atoms with Gasteiger partial charge in [-0.2, -0.15) is 0 Å². The molecule has 0 radical (unpaired) electrons. The molecule has 164 valence electrons. The Balaban J connectivity index is 1.40. The topological polar surface area (TPSA) is 99.8 Å². The van der Waals surface area contributed by atoms with Gasteiger partial charge in [0, 0.05) is 18.7 Å². The van der Waals surface area contributed by atoms with Crippen LogP contribution in [0, 0.1) is 0 Å². The number of rotatable bonds is 10. The number of anilines is 1. The number of hydrogen-bond donors (Lipinski definition) is 1. The van der Waals surface area contributed by atoms with E-state index in [0.717, 1.165) is 22.0 Å². The smallest absolute Gasteiger partial charge is 0.225 e. The molecule has 0 unspecified atom stereocenters. The summed E-state index contributed by atoms with van der Waals surface area (Å²) in [6, 6.07) is 15.1. The van der Waals surface area contributed by atoms with Crippen LogP contribution in [0.15, 0.2) is 66.3 Å². The molecule has 4 rings (SSSR count). The van der Waals surface area contributed by atoms with Crippen LogP contribution in [0.4, 0.5) is 5.69 Å². The number of carbonyl (C=O) groups excluding carboxylic acids is 1. The zero-order chi connectivity index (χ0) is 22.3. The fraction of sp³-hybridized carbons (Fsp3) is 0.227. The van der Waals surface area contributed by atoms with Gasteiger partial charge in [-0.15, -0.1) is 21.9 Å². The van der Waals surface area contributed by atoms with Gasteiger partial charge in [-0.05, 0) is 24.3 Å². The predicted molar refractivity (Wildman–Crippen MR) is 124 cm³/mol. The first-order valence-corrected chi connectivity index (χ1v) is 11.0. The van der Waals surface area contributed by atoms with Gasteiger partial charge in [0.1, 0.15) is 17.8 Å². The van der Waals surface area contributed by atoms with Crippen molar-refractivity contribution in [2.24, 2.45) is 0 Å². The lowest BCUT2D eigenvalue weighted by Crippen LogP contribution is -2.13. The molecule has 0 bridgehead atoms. The fourth-order valence-electron chi connectivity index (χ4n) is 3.22. The highest BCUT2D eigenvalue weighted by Gasteiger charge is 2.15. The summed E-state index contributed by atoms with van der Waals surface area (Å²) in [7, 11) is 1.58. The van der Waals surface area contributed by atoms with Crippen molar-refractivity contribution >= 4 is 34.4 Å². The molecule has 0 saturated carbocycles. The number of aromatic nitrogens is 6. The lowest BCUT2D eigenvalue weighted by molar-refractivity contribution is -0.115. The summed E-state index contributed by atoms with van der Waals surface area (Å²) in [5.41, 5.74) is 2.42. The van der Waals surface area contributed by atoms with Crippen LogP contribution in [-0.4, -0.2) is 48.5 Å². The van der Waals surface area contributed by atoms with Gasteiger partial charge in [-0.3, -0.25) is 4.79 Å². The quantitative estimate of drug-likeness (QED) is 0.293. The van der Waals surface area contributed by atoms with E-state index in [1.807, 2.05) is 53.1 Å². The molecule has 0 aliphatic heterocycles. The lowest BCUT2D eigenvalue weighted by Gasteiger charge is -2.10. The number of methoxy groups -OCH3 is 1. The molecule has 32 heavy (non-hydrogen) atoms. The van der Waals surface area contributed by atoms with Crippen LogP contribution < -0.4 is 10.1 Å². The Morgan fingerprint density at radius 3 is 2.81 bits per heavy atom. The summed E-state index contributed by atoms with van der Waals surface area (Å²) in [5, 5.41) is 20.7. The van der Waals surface area contributed by atoms with Gasteiger partial charge in [-0.25, -0.2) is 4.68 Å². The van der Waals surface area contributed by atoms with Gasteiger partial charge in [-0.1, -0.05) is 47.3 Å². The van der Waals surface area contributed by atoms with Crippen molar-refractivity contribution < 1.29 is 9.53 Å². The Morgan fingerprint density at radius 1 is 1.16 bits per heavy atom. The number of para-hydroxylation sites is 3. The van der Waals surface area contributed by atoms with Gasteiger partial charge in [0.25, 0.3) is 0 Å². The highest BCUT2D eigenvalue weighted by atomic mass is 32.2. The number of amides is 1. The highest BCUT2D eigenvalue weighted by molar-refractivity contribution is 7.99. The van der Waals surface area contributed by atoms with Crippen molar-refractivity contribution in [1.29, 1.82) is 0 Å². The van der Waals surface area contributed by atoms with Gasteiger partial charge in [0.05, 0.1) is 18.3 Å². The fourth-order valence-corrected chi connectivity index (χ4v) is 4.12. The summed E-state index contributed by atoms with van der Waals surface area (Å²) < 4.78 is 9.05. The number of allylic oxidation sites excluding steroid dienone is 1. The van der Waals surface area contributed by atoms with E-state index in [9.17, 15) is 4.79 Å². The number of nitrogens with one attached hydrogen (secondary N) is 1. The maximum absolute atomic E-state index is 12.4. The van der Waals surface area contributed by atoms with Crippen LogP contribution in [-0.2, 0) is 17.9 Å². The third-order valence-corrected chi connectivity index (χ3v) is 5.73. The molecular formula is C22H23N7O2S. The molecule has 9 nitrogen and oxygen atoms in total. The van der Waals surface area contributed by atoms with Crippen molar-refractivity contribution in [3.8, 4) is 5.75 Å². The molecule has 10 heteroatoms. The second kappa shape index (κ2) is 10.1. The van der Waals surface area contributed by atoms with E-state index < -0.39 is 0 Å². The first-order valence-electron chi connectivity index (χ1n) is 10.1. The number of benzene rings is 2. The standard InChI is InChI=1S/C22H23N7O2S/c1-3-13-28-20(15-29-18-10-6-4-8-16(18)24-27-29)25-26-22(28)32-14-12-21(30)23-17-9-5-7-11-19(17)31-2/h3-11H,1,12-15H2,2H3,(H,23,30). The van der Waals surface area contributed by atoms with E-state index in [2.05, 4.69) is 32.4 Å². The molecule has 4 aromatic rings. The van der Waals surface area contributed by atoms with Gasteiger partial charge >= 0.3 is 0 Å². The molecule has 2 aromatic carbocycles. The Labute approximate surface area is 189 Å². The Hall–Kier alpha value is -3.66. The largest absolute Gasteiger partial charge is 0.495 e. The van der Waals surface area contributed by atoms with Crippen LogP contribution >= 0.6 is 11.8 Å². The Morgan fingerprint density at radius 2 is 1.97 bits per heavy atom. The third kappa shape index (κ3) is 4.80. The Kier molecular flexibility index (Phi) is 6.81. The molecule has 2 aromatic heterocycles. The molecular weight excluding hydrogens is 426 g/mol. The highest BCUT2D eigenvalue weighted by Crippen LogP contribution is 2.24. The molecule has 0 spiro atoms. The molecule has 2 heterocycles. The minimum absolute atomic E-state index is 0.0916. The summed E-state index contributed by atoms with van der Waals surface area (Å²) in [6.45, 7) is 4.84. The van der Waals surface area contributed by atoms with Crippen molar-refractivity contribution in [2.45, 2.75) is 24.7 Å². The van der Waals surface area contributed by atoms with E-state index in [1.165, 1.54) is 11.8 Å². The number of carbonyl (C=O) groups is 1. The van der Waals surface area contributed by atoms with E-state index in [0.29, 0.717) is 36.7 Å². The van der Waals surface area contributed by atoms with E-state index in [4.69, 9.17) is 4.74 Å². The number of fused-ring (bicyclic) bond motifs is 1. The van der Waals surface area contributed by atoms with Crippen molar-refractivity contribution in [2.75, 3.05) is 18.2 Å². The maximum atomic E-state index is 12.4. The maximum Gasteiger partial charge on any atom is 0.225 e. The van der Waals surface area contributed by atoms with Crippen LogP contribution in [0.1, 0.15) is 12.2 Å². The first-order chi connectivity index (χ1) is 15.7. The summed E-state index contributed by atoms with van der Waals surface area (Å²) in [4.78, 5) is 12.4. The number of ether oxygens (including phenoxy) is 1. The van der Waals surface area contributed by atoms with Crippen molar-refractivity contribution in [3.63, 3.8) is 0 Å². The second-order valence-electron chi connectivity index (χ2n) is 6.88. The molecule has 0 atom stereocenters. The van der Waals surface area contributed by atoms with Crippen molar-refractivity contribution in [1.82, 2.24) is 29.8 Å². The predicted octanol–water partition coefficient (Wildman–Crippen LogP) is 3.39. The number of hydrogen-bond acceptors (Lipinski definition) is 7. The molecule has 1 amide bonds. The van der Waals surface area contributed by atoms with E-state index in [-0.39, 0.29) is 5.91 Å². The van der Waals surface area contributed by atoms with E-state index >= 15 is 0 Å². The van der Waals surface area contributed by atoms with Crippen LogP contribution in [0.3, 0.4) is 0 Å². The van der Waals surface area contributed by atoms with Crippen LogP contribution in [0.5, 0.6) is 5.75 Å². The van der Waals surface area contributed by atoms with Gasteiger partial charge in [0.15, 0.2) is 11.0 Å². The minimum atomic E-state index is -0.0916. The van der Waals surface area contributed by atoms with E-state index in [1.54, 1.807) is 17.9 Å². The lowest BCUT2D eigenvalue weighted by atomic mass is 10.3. The normalized spacial score (nSPS) is 10.9. The summed E-state index contributed by atoms with van der Waals surface area (Å²) in [6.07, 6.45) is 2.12. The Bertz CT molecular complexity index is 1230. The van der Waals surface area contributed by atoms with Gasteiger partial charge < -0.3 is 14.6 Å². The number of nitrogens with zero attached hydrogens (tertiary/aromatic N) is 6. The summed E-state index contributed by atoms with van der Waals surface area (Å²) in [5.74, 6) is 1.85.